The zero-order valence-electron chi connectivity index (χ0n) is 15.0. The first-order valence-electron chi connectivity index (χ1n) is 8.76. The van der Waals surface area contributed by atoms with Crippen LogP contribution in [0, 0.1) is 5.92 Å². The van der Waals surface area contributed by atoms with Crippen LogP contribution >= 0.6 is 0 Å². The Balaban J connectivity index is 1.73. The maximum atomic E-state index is 4.61. The SMILES string of the molecule is CC(C)C(N[C@H](C)c1ccccc1)c1nnn(Cc2ccccc2)n1. The third-order valence-corrected chi connectivity index (χ3v) is 4.31. The molecular formula is C20H25N5. The number of nitrogens with one attached hydrogen (secondary N) is 1. The van der Waals surface area contributed by atoms with Gasteiger partial charge in [0.2, 0.25) is 0 Å². The normalized spacial score (nSPS) is 13.8. The quantitative estimate of drug-likeness (QED) is 0.714. The van der Waals surface area contributed by atoms with Gasteiger partial charge < -0.3 is 5.32 Å². The van der Waals surface area contributed by atoms with Gasteiger partial charge in [-0.3, -0.25) is 0 Å². The van der Waals surface area contributed by atoms with E-state index < -0.39 is 0 Å². The lowest BCUT2D eigenvalue weighted by molar-refractivity contribution is 0.358. The number of nitrogens with zero attached hydrogens (tertiary/aromatic N) is 4. The standard InChI is InChI=1S/C20H25N5/c1-15(2)19(21-16(3)18-12-8-5-9-13-18)20-22-24-25(23-20)14-17-10-6-4-7-11-17/h4-13,15-16,19,21H,14H2,1-3H3/t16-,19?/m1/s1. The van der Waals surface area contributed by atoms with E-state index in [1.165, 1.54) is 5.56 Å². The summed E-state index contributed by atoms with van der Waals surface area (Å²) in [7, 11) is 0. The first kappa shape index (κ1) is 17.3. The highest BCUT2D eigenvalue weighted by Crippen LogP contribution is 2.23. The Morgan fingerprint density at radius 3 is 2.20 bits per heavy atom. The van der Waals surface area contributed by atoms with Crippen molar-refractivity contribution in [1.82, 2.24) is 25.5 Å². The summed E-state index contributed by atoms with van der Waals surface area (Å²) in [6, 6.07) is 20.9. The molecule has 5 heteroatoms. The Labute approximate surface area is 149 Å². The molecule has 1 unspecified atom stereocenters. The third-order valence-electron chi connectivity index (χ3n) is 4.31. The van der Waals surface area contributed by atoms with E-state index in [9.17, 15) is 0 Å². The van der Waals surface area contributed by atoms with Crippen LogP contribution in [0.25, 0.3) is 0 Å². The average molecular weight is 335 g/mol. The molecule has 0 radical (unpaired) electrons. The summed E-state index contributed by atoms with van der Waals surface area (Å²) in [5.41, 5.74) is 2.42. The Morgan fingerprint density at radius 1 is 0.920 bits per heavy atom. The van der Waals surface area contributed by atoms with Crippen molar-refractivity contribution < 1.29 is 0 Å². The molecule has 25 heavy (non-hydrogen) atoms. The van der Waals surface area contributed by atoms with Crippen LogP contribution < -0.4 is 5.32 Å². The molecule has 0 aliphatic heterocycles. The van der Waals surface area contributed by atoms with E-state index in [-0.39, 0.29) is 12.1 Å². The lowest BCUT2D eigenvalue weighted by Crippen LogP contribution is -2.29. The number of hydrogen-bond donors (Lipinski definition) is 1. The molecule has 0 aliphatic carbocycles. The van der Waals surface area contributed by atoms with Crippen molar-refractivity contribution in [3.8, 4) is 0 Å². The lowest BCUT2D eigenvalue weighted by Gasteiger charge is -2.24. The van der Waals surface area contributed by atoms with Crippen LogP contribution in [0.4, 0.5) is 0 Å². The zero-order chi connectivity index (χ0) is 17.6. The fraction of sp³-hybridized carbons (Fsp3) is 0.350. The fourth-order valence-electron chi connectivity index (χ4n) is 2.87. The van der Waals surface area contributed by atoms with Gasteiger partial charge in [-0.05, 0) is 29.2 Å². The van der Waals surface area contributed by atoms with Crippen molar-refractivity contribution in [3.05, 3.63) is 77.6 Å². The summed E-state index contributed by atoms with van der Waals surface area (Å²) >= 11 is 0. The summed E-state index contributed by atoms with van der Waals surface area (Å²) in [6.07, 6.45) is 0. The van der Waals surface area contributed by atoms with Crippen molar-refractivity contribution >= 4 is 0 Å². The van der Waals surface area contributed by atoms with Gasteiger partial charge in [0.15, 0.2) is 5.82 Å². The number of benzene rings is 2. The Hall–Kier alpha value is -2.53. The number of tetrazole rings is 1. The van der Waals surface area contributed by atoms with E-state index >= 15 is 0 Å². The van der Waals surface area contributed by atoms with Crippen molar-refractivity contribution in [3.63, 3.8) is 0 Å². The summed E-state index contributed by atoms with van der Waals surface area (Å²) in [5, 5.41) is 16.8. The minimum Gasteiger partial charge on any atom is -0.300 e. The molecule has 0 aliphatic rings. The van der Waals surface area contributed by atoms with E-state index in [2.05, 4.69) is 77.9 Å². The first-order chi connectivity index (χ1) is 12.1. The number of hydrogen-bond acceptors (Lipinski definition) is 4. The molecule has 0 saturated carbocycles. The molecule has 3 rings (SSSR count). The first-order valence-corrected chi connectivity index (χ1v) is 8.76. The van der Waals surface area contributed by atoms with Crippen molar-refractivity contribution in [2.24, 2.45) is 5.92 Å². The van der Waals surface area contributed by atoms with Crippen LogP contribution in [0.5, 0.6) is 0 Å². The van der Waals surface area contributed by atoms with Crippen molar-refractivity contribution in [2.75, 3.05) is 0 Å². The van der Waals surface area contributed by atoms with Gasteiger partial charge in [-0.2, -0.15) is 4.80 Å². The summed E-state index contributed by atoms with van der Waals surface area (Å²) < 4.78 is 0. The monoisotopic (exact) mass is 335 g/mol. The molecule has 0 fully saturated rings. The molecule has 130 valence electrons. The van der Waals surface area contributed by atoms with Gasteiger partial charge in [0, 0.05) is 6.04 Å². The molecule has 1 heterocycles. The Kier molecular flexibility index (Phi) is 5.56. The van der Waals surface area contributed by atoms with Gasteiger partial charge in [-0.25, -0.2) is 0 Å². The molecule has 5 nitrogen and oxygen atoms in total. The molecule has 1 aromatic heterocycles. The van der Waals surface area contributed by atoms with E-state index in [1.54, 1.807) is 4.80 Å². The van der Waals surface area contributed by atoms with E-state index in [0.29, 0.717) is 12.5 Å². The highest BCUT2D eigenvalue weighted by molar-refractivity contribution is 5.18. The van der Waals surface area contributed by atoms with Crippen LogP contribution in [-0.4, -0.2) is 20.2 Å². The molecule has 0 bridgehead atoms. The second-order valence-corrected chi connectivity index (χ2v) is 6.68. The van der Waals surface area contributed by atoms with E-state index in [4.69, 9.17) is 0 Å². The molecule has 3 aromatic rings. The van der Waals surface area contributed by atoms with Gasteiger partial charge in [0.25, 0.3) is 0 Å². The third kappa shape index (κ3) is 4.51. The van der Waals surface area contributed by atoms with Crippen LogP contribution in [-0.2, 0) is 6.54 Å². The van der Waals surface area contributed by atoms with Crippen molar-refractivity contribution in [1.29, 1.82) is 0 Å². The lowest BCUT2D eigenvalue weighted by atomic mass is 10.0. The minimum atomic E-state index is 0.0553. The topological polar surface area (TPSA) is 55.6 Å². The molecule has 0 saturated heterocycles. The van der Waals surface area contributed by atoms with Crippen LogP contribution in [0.2, 0.25) is 0 Å². The smallest absolute Gasteiger partial charge is 0.191 e. The number of rotatable bonds is 7. The molecule has 2 atom stereocenters. The fourth-order valence-corrected chi connectivity index (χ4v) is 2.87. The maximum Gasteiger partial charge on any atom is 0.191 e. The second kappa shape index (κ2) is 8.03. The predicted octanol–water partition coefficient (Wildman–Crippen LogP) is 3.77. The van der Waals surface area contributed by atoms with Gasteiger partial charge >= 0.3 is 0 Å². The molecule has 0 amide bonds. The average Bonchev–Trinajstić information content (AvgIpc) is 3.09. The maximum absolute atomic E-state index is 4.61. The largest absolute Gasteiger partial charge is 0.300 e. The molecule has 0 spiro atoms. The molecule has 1 N–H and O–H groups in total. The van der Waals surface area contributed by atoms with Crippen LogP contribution in [0.3, 0.4) is 0 Å². The van der Waals surface area contributed by atoms with Gasteiger partial charge in [-0.1, -0.05) is 74.5 Å². The molecular weight excluding hydrogens is 310 g/mol. The number of aromatic nitrogens is 4. The molecule has 2 aromatic carbocycles. The summed E-state index contributed by atoms with van der Waals surface area (Å²) in [4.78, 5) is 1.66. The van der Waals surface area contributed by atoms with Gasteiger partial charge in [0.1, 0.15) is 0 Å². The van der Waals surface area contributed by atoms with Gasteiger partial charge in [-0.15, -0.1) is 10.2 Å². The Bertz CT molecular complexity index is 767. The van der Waals surface area contributed by atoms with Crippen molar-refractivity contribution in [2.45, 2.75) is 39.4 Å². The second-order valence-electron chi connectivity index (χ2n) is 6.68. The van der Waals surface area contributed by atoms with E-state index in [1.807, 2.05) is 24.3 Å². The Morgan fingerprint density at radius 2 is 1.56 bits per heavy atom. The summed E-state index contributed by atoms with van der Waals surface area (Å²) in [6.45, 7) is 7.15. The highest BCUT2D eigenvalue weighted by Gasteiger charge is 2.23. The summed E-state index contributed by atoms with van der Waals surface area (Å²) in [5.74, 6) is 1.11. The minimum absolute atomic E-state index is 0.0553. The van der Waals surface area contributed by atoms with E-state index in [0.717, 1.165) is 11.4 Å². The van der Waals surface area contributed by atoms with Crippen LogP contribution in [0.1, 0.15) is 49.8 Å². The highest BCUT2D eigenvalue weighted by atomic mass is 15.6. The predicted molar refractivity (Wildman–Crippen MR) is 98.9 cm³/mol. The zero-order valence-corrected chi connectivity index (χ0v) is 15.0. The van der Waals surface area contributed by atoms with Crippen LogP contribution in [0.15, 0.2) is 60.7 Å². The van der Waals surface area contributed by atoms with Gasteiger partial charge in [0.05, 0.1) is 12.6 Å².